The van der Waals surface area contributed by atoms with Gasteiger partial charge in [0, 0.05) is 6.42 Å². The van der Waals surface area contributed by atoms with E-state index in [1.807, 2.05) is 0 Å². The summed E-state index contributed by atoms with van der Waals surface area (Å²) in [4.78, 5) is 22.0. The van der Waals surface area contributed by atoms with Crippen LogP contribution in [0.4, 0.5) is 0 Å². The highest BCUT2D eigenvalue weighted by Crippen LogP contribution is 2.36. The molecule has 0 radical (unpaired) electrons. The van der Waals surface area contributed by atoms with Crippen molar-refractivity contribution in [3.05, 3.63) is 46.5 Å². The molecule has 0 atom stereocenters. The Morgan fingerprint density at radius 2 is 1.04 bits per heavy atom. The Bertz CT molecular complexity index is 742. The van der Waals surface area contributed by atoms with Crippen LogP contribution in [0.3, 0.4) is 0 Å². The summed E-state index contributed by atoms with van der Waals surface area (Å²) >= 11 is 0. The Morgan fingerprint density at radius 3 is 1.35 bits per heavy atom. The van der Waals surface area contributed by atoms with E-state index in [2.05, 4.69) is 0 Å². The van der Waals surface area contributed by atoms with Crippen LogP contribution in [-0.2, 0) is 6.42 Å². The van der Waals surface area contributed by atoms with Crippen LogP contribution >= 0.6 is 0 Å². The molecule has 0 heterocycles. The second-order valence-electron chi connectivity index (χ2n) is 4.72. The number of carboxylic acid groups (broad SMARTS) is 2. The van der Waals surface area contributed by atoms with Crippen molar-refractivity contribution in [2.24, 2.45) is 0 Å². The number of carbonyl (C=O) groups is 2. The van der Waals surface area contributed by atoms with Crippen LogP contribution < -0.4 is 0 Å². The van der Waals surface area contributed by atoms with Gasteiger partial charge < -0.3 is 30.6 Å². The summed E-state index contributed by atoms with van der Waals surface area (Å²) in [6.45, 7) is 0. The maximum atomic E-state index is 11.0. The molecule has 0 aromatic heterocycles. The Balaban J connectivity index is 2.53. The van der Waals surface area contributed by atoms with Crippen molar-refractivity contribution in [1.82, 2.24) is 0 Å². The Labute approximate surface area is 129 Å². The summed E-state index contributed by atoms with van der Waals surface area (Å²) < 4.78 is 0. The highest BCUT2D eigenvalue weighted by molar-refractivity contribution is 5.95. The fourth-order valence-electron chi connectivity index (χ4n) is 2.16. The summed E-state index contributed by atoms with van der Waals surface area (Å²) in [5.41, 5.74) is -1.28. The van der Waals surface area contributed by atoms with Gasteiger partial charge >= 0.3 is 11.9 Å². The zero-order valence-electron chi connectivity index (χ0n) is 11.5. The molecule has 120 valence electrons. The third kappa shape index (κ3) is 2.82. The maximum absolute atomic E-state index is 11.0. The van der Waals surface area contributed by atoms with Crippen LogP contribution in [-0.4, -0.2) is 42.6 Å². The quantitative estimate of drug-likeness (QED) is 0.495. The van der Waals surface area contributed by atoms with Gasteiger partial charge in [0.05, 0.1) is 0 Å². The van der Waals surface area contributed by atoms with E-state index in [1.54, 1.807) is 0 Å². The molecule has 8 heteroatoms. The molecule has 0 aliphatic heterocycles. The van der Waals surface area contributed by atoms with E-state index in [4.69, 9.17) is 10.2 Å². The molecule has 2 rings (SSSR count). The van der Waals surface area contributed by atoms with Crippen LogP contribution in [0, 0.1) is 0 Å². The number of hydrogen-bond donors (Lipinski definition) is 6. The van der Waals surface area contributed by atoms with Gasteiger partial charge in [-0.2, -0.15) is 0 Å². The Hall–Kier alpha value is -3.42. The first kappa shape index (κ1) is 16.0. The largest absolute Gasteiger partial charge is 0.507 e. The Morgan fingerprint density at radius 1 is 0.696 bits per heavy atom. The average molecular weight is 320 g/mol. The monoisotopic (exact) mass is 320 g/mol. The molecule has 2 aromatic rings. The number of rotatable bonds is 4. The molecule has 0 aliphatic carbocycles. The minimum Gasteiger partial charge on any atom is -0.507 e. The van der Waals surface area contributed by atoms with Crippen LogP contribution in [0.1, 0.15) is 31.8 Å². The number of aromatic hydroxyl groups is 4. The third-order valence-corrected chi connectivity index (χ3v) is 3.29. The molecule has 0 unspecified atom stereocenters. The van der Waals surface area contributed by atoms with Crippen molar-refractivity contribution in [2.45, 2.75) is 6.42 Å². The molecule has 0 fully saturated rings. The van der Waals surface area contributed by atoms with Gasteiger partial charge in [0.1, 0.15) is 34.1 Å². The van der Waals surface area contributed by atoms with E-state index in [-0.39, 0.29) is 17.5 Å². The molecule has 23 heavy (non-hydrogen) atoms. The number of benzene rings is 2. The second-order valence-corrected chi connectivity index (χ2v) is 4.72. The van der Waals surface area contributed by atoms with E-state index in [0.717, 1.165) is 12.1 Å². The molecule has 0 aliphatic rings. The van der Waals surface area contributed by atoms with Crippen LogP contribution in [0.15, 0.2) is 24.3 Å². The fourth-order valence-corrected chi connectivity index (χ4v) is 2.16. The first-order valence-electron chi connectivity index (χ1n) is 6.28. The number of carboxylic acids is 2. The zero-order valence-corrected chi connectivity index (χ0v) is 11.5. The van der Waals surface area contributed by atoms with Gasteiger partial charge in [-0.3, -0.25) is 0 Å². The third-order valence-electron chi connectivity index (χ3n) is 3.29. The second kappa shape index (κ2) is 5.76. The molecule has 6 N–H and O–H groups in total. The van der Waals surface area contributed by atoms with Crippen molar-refractivity contribution in [2.75, 3.05) is 0 Å². The predicted octanol–water partition coefficient (Wildman–Crippen LogP) is 1.50. The van der Waals surface area contributed by atoms with Gasteiger partial charge in [-0.25, -0.2) is 9.59 Å². The lowest BCUT2D eigenvalue weighted by atomic mass is 9.98. The standard InChI is InChI=1S/C15H12O8/c16-8-3-1-6(12(18)10(8)14(20)21)5-7-2-4-9(17)11(13(7)19)15(22)23/h1-4,16-19H,5H2,(H,20,21)(H,22,23). The number of hydrogen-bond acceptors (Lipinski definition) is 6. The Kier molecular flexibility index (Phi) is 4.00. The van der Waals surface area contributed by atoms with E-state index in [9.17, 15) is 30.0 Å². The molecule has 0 saturated carbocycles. The molecular formula is C15H12O8. The highest BCUT2D eigenvalue weighted by Gasteiger charge is 2.22. The van der Waals surface area contributed by atoms with Gasteiger partial charge in [-0.1, -0.05) is 12.1 Å². The molecule has 2 aromatic carbocycles. The minimum absolute atomic E-state index is 0.0533. The first-order valence-corrected chi connectivity index (χ1v) is 6.28. The smallest absolute Gasteiger partial charge is 0.343 e. The van der Waals surface area contributed by atoms with Crippen molar-refractivity contribution in [3.63, 3.8) is 0 Å². The minimum atomic E-state index is -1.54. The summed E-state index contributed by atoms with van der Waals surface area (Å²) in [5.74, 6) is -5.71. The average Bonchev–Trinajstić information content (AvgIpc) is 2.44. The summed E-state index contributed by atoms with van der Waals surface area (Å²) in [7, 11) is 0. The normalized spacial score (nSPS) is 10.4. The first-order chi connectivity index (χ1) is 10.7. The van der Waals surface area contributed by atoms with Crippen molar-refractivity contribution >= 4 is 11.9 Å². The van der Waals surface area contributed by atoms with Crippen molar-refractivity contribution in [1.29, 1.82) is 0 Å². The topological polar surface area (TPSA) is 156 Å². The lowest BCUT2D eigenvalue weighted by Gasteiger charge is -2.12. The lowest BCUT2D eigenvalue weighted by Crippen LogP contribution is -2.02. The fraction of sp³-hybridized carbons (Fsp3) is 0.0667. The predicted molar refractivity (Wildman–Crippen MR) is 76.3 cm³/mol. The van der Waals surface area contributed by atoms with E-state index in [1.165, 1.54) is 12.1 Å². The molecule has 0 saturated heterocycles. The molecule has 0 bridgehead atoms. The van der Waals surface area contributed by atoms with E-state index < -0.39 is 46.1 Å². The molecule has 8 nitrogen and oxygen atoms in total. The van der Waals surface area contributed by atoms with Crippen molar-refractivity contribution < 1.29 is 40.2 Å². The molecular weight excluding hydrogens is 308 g/mol. The number of aromatic carboxylic acids is 2. The summed E-state index contributed by atoms with van der Waals surface area (Å²) in [6.07, 6.45) is -0.210. The van der Waals surface area contributed by atoms with Crippen LogP contribution in [0.5, 0.6) is 23.0 Å². The highest BCUT2D eigenvalue weighted by atomic mass is 16.4. The number of phenols is 4. The zero-order chi connectivity index (χ0) is 17.3. The van der Waals surface area contributed by atoms with Crippen LogP contribution in [0.2, 0.25) is 0 Å². The van der Waals surface area contributed by atoms with Gasteiger partial charge in [0.25, 0.3) is 0 Å². The van der Waals surface area contributed by atoms with Gasteiger partial charge in [0.15, 0.2) is 0 Å². The molecule has 0 spiro atoms. The summed E-state index contributed by atoms with van der Waals surface area (Å²) in [5, 5.41) is 56.7. The van der Waals surface area contributed by atoms with Gasteiger partial charge in [-0.05, 0) is 23.3 Å². The maximum Gasteiger partial charge on any atom is 0.343 e. The lowest BCUT2D eigenvalue weighted by molar-refractivity contribution is 0.0678. The van der Waals surface area contributed by atoms with Gasteiger partial charge in [-0.15, -0.1) is 0 Å². The molecule has 0 amide bonds. The van der Waals surface area contributed by atoms with Gasteiger partial charge in [0.2, 0.25) is 0 Å². The summed E-state index contributed by atoms with van der Waals surface area (Å²) in [6, 6.07) is 4.61. The van der Waals surface area contributed by atoms with Crippen molar-refractivity contribution in [3.8, 4) is 23.0 Å². The van der Waals surface area contributed by atoms with Crippen LogP contribution in [0.25, 0.3) is 0 Å². The SMILES string of the molecule is O=C(O)c1c(O)ccc(Cc2ccc(O)c(C(=O)O)c2O)c1O. The van der Waals surface area contributed by atoms with E-state index >= 15 is 0 Å². The van der Waals surface area contributed by atoms with E-state index in [0.29, 0.717) is 0 Å².